The normalized spacial score (nSPS) is 12.1. The van der Waals surface area contributed by atoms with E-state index in [-0.39, 0.29) is 23.8 Å². The van der Waals surface area contributed by atoms with Gasteiger partial charge in [-0.15, -0.1) is 0 Å². The van der Waals surface area contributed by atoms with E-state index in [9.17, 15) is 9.59 Å². The minimum atomic E-state index is -0.0901. The van der Waals surface area contributed by atoms with Gasteiger partial charge in [0.2, 0.25) is 5.91 Å². The minimum Gasteiger partial charge on any atom is -0.352 e. The third kappa shape index (κ3) is 5.95. The zero-order valence-electron chi connectivity index (χ0n) is 16.9. The molecule has 0 spiro atoms. The van der Waals surface area contributed by atoms with E-state index in [0.717, 1.165) is 11.1 Å². The van der Waals surface area contributed by atoms with Gasteiger partial charge < -0.3 is 10.6 Å². The van der Waals surface area contributed by atoms with E-state index >= 15 is 0 Å². The maximum atomic E-state index is 12.7. The smallest absolute Gasteiger partial charge is 0.251 e. The molecule has 2 amide bonds. The summed E-state index contributed by atoms with van der Waals surface area (Å²) in [5.41, 5.74) is 3.99. The molecule has 0 aromatic heterocycles. The molecule has 4 heteroatoms. The van der Waals surface area contributed by atoms with Gasteiger partial charge >= 0.3 is 0 Å². The molecule has 0 bridgehead atoms. The van der Waals surface area contributed by atoms with Crippen LogP contribution in [-0.4, -0.2) is 11.8 Å². The first-order chi connectivity index (χ1) is 12.8. The van der Waals surface area contributed by atoms with Crippen molar-refractivity contribution < 1.29 is 9.59 Å². The van der Waals surface area contributed by atoms with E-state index in [1.54, 1.807) is 12.1 Å². The van der Waals surface area contributed by atoms with Gasteiger partial charge in [-0.25, -0.2) is 0 Å². The van der Waals surface area contributed by atoms with Crippen LogP contribution in [0.5, 0.6) is 0 Å². The molecule has 2 N–H and O–H groups in total. The lowest BCUT2D eigenvalue weighted by Crippen LogP contribution is -2.31. The van der Waals surface area contributed by atoms with Crippen LogP contribution in [-0.2, 0) is 11.3 Å². The van der Waals surface area contributed by atoms with Crippen LogP contribution < -0.4 is 10.6 Å². The first-order valence-corrected chi connectivity index (χ1v) is 9.52. The zero-order chi connectivity index (χ0) is 20.0. The average Bonchev–Trinajstić information content (AvgIpc) is 2.64. The highest BCUT2D eigenvalue weighted by Gasteiger charge is 2.19. The summed E-state index contributed by atoms with van der Waals surface area (Å²) in [5.74, 6) is 0.604. The molecular formula is C23H30N2O2. The van der Waals surface area contributed by atoms with Gasteiger partial charge in [0.05, 0.1) is 6.04 Å². The molecule has 2 aromatic carbocycles. The lowest BCUT2D eigenvalue weighted by atomic mass is 9.93. The van der Waals surface area contributed by atoms with Crippen LogP contribution >= 0.6 is 0 Å². The van der Waals surface area contributed by atoms with Gasteiger partial charge in [-0.1, -0.05) is 64.1 Å². The maximum Gasteiger partial charge on any atom is 0.251 e. The van der Waals surface area contributed by atoms with Crippen LogP contribution in [0.25, 0.3) is 0 Å². The molecule has 0 aliphatic carbocycles. The van der Waals surface area contributed by atoms with Gasteiger partial charge in [-0.3, -0.25) is 9.59 Å². The summed E-state index contributed by atoms with van der Waals surface area (Å²) in [6, 6.07) is 15.8. The fourth-order valence-corrected chi connectivity index (χ4v) is 2.95. The van der Waals surface area contributed by atoms with Crippen LogP contribution in [0.15, 0.2) is 48.5 Å². The van der Waals surface area contributed by atoms with Crippen molar-refractivity contribution in [1.82, 2.24) is 10.6 Å². The predicted molar refractivity (Wildman–Crippen MR) is 110 cm³/mol. The van der Waals surface area contributed by atoms with Crippen molar-refractivity contribution in [3.63, 3.8) is 0 Å². The van der Waals surface area contributed by atoms with E-state index in [4.69, 9.17) is 0 Å². The highest BCUT2D eigenvalue weighted by molar-refractivity contribution is 5.94. The van der Waals surface area contributed by atoms with E-state index in [1.165, 1.54) is 12.5 Å². The Morgan fingerprint density at radius 2 is 1.41 bits per heavy atom. The third-order valence-electron chi connectivity index (χ3n) is 4.67. The summed E-state index contributed by atoms with van der Waals surface area (Å²) in [6.45, 7) is 10.5. The first kappa shape index (κ1) is 20.7. The van der Waals surface area contributed by atoms with Crippen molar-refractivity contribution in [3.05, 3.63) is 70.8 Å². The molecule has 2 rings (SSSR count). The number of amides is 2. The number of carbonyl (C=O) groups excluding carboxylic acids is 2. The van der Waals surface area contributed by atoms with Crippen LogP contribution in [0, 0.1) is 5.92 Å². The molecule has 0 fully saturated rings. The molecule has 1 atom stereocenters. The lowest BCUT2D eigenvalue weighted by Gasteiger charge is -2.23. The van der Waals surface area contributed by atoms with Crippen molar-refractivity contribution in [3.8, 4) is 0 Å². The van der Waals surface area contributed by atoms with Crippen LogP contribution in [0.4, 0.5) is 0 Å². The molecule has 0 heterocycles. The molecule has 1 unspecified atom stereocenters. The number of benzene rings is 2. The molecule has 0 saturated carbocycles. The van der Waals surface area contributed by atoms with E-state index in [2.05, 4.69) is 62.6 Å². The van der Waals surface area contributed by atoms with Crippen LogP contribution in [0.3, 0.4) is 0 Å². The quantitative estimate of drug-likeness (QED) is 0.754. The fraction of sp³-hybridized carbons (Fsp3) is 0.391. The Morgan fingerprint density at radius 1 is 0.852 bits per heavy atom. The molecule has 0 radical (unpaired) electrons. The van der Waals surface area contributed by atoms with Gasteiger partial charge in [0, 0.05) is 19.0 Å². The molecule has 144 valence electrons. The standard InChI is InChI=1S/C23H30N2O2/c1-15(2)19-10-12-20(13-11-19)22(16(3)4)25-23(27)21-8-6-18(7-9-21)14-24-17(5)26/h6-13,15-16,22H,14H2,1-5H3,(H,24,26)(H,25,27). The molecule has 2 aromatic rings. The number of carbonyl (C=O) groups is 2. The Balaban J connectivity index is 2.09. The molecule has 0 aliphatic heterocycles. The van der Waals surface area contributed by atoms with Gasteiger partial charge in [0.1, 0.15) is 0 Å². The number of hydrogen-bond acceptors (Lipinski definition) is 2. The second-order valence-corrected chi connectivity index (χ2v) is 7.62. The van der Waals surface area contributed by atoms with Crippen molar-refractivity contribution in [2.24, 2.45) is 5.92 Å². The largest absolute Gasteiger partial charge is 0.352 e. The number of nitrogens with one attached hydrogen (secondary N) is 2. The maximum absolute atomic E-state index is 12.7. The molecule has 0 saturated heterocycles. The number of hydrogen-bond donors (Lipinski definition) is 2. The van der Waals surface area contributed by atoms with E-state index in [0.29, 0.717) is 18.0 Å². The molecule has 4 nitrogen and oxygen atoms in total. The minimum absolute atomic E-state index is 0.0437. The Labute approximate surface area is 162 Å². The second-order valence-electron chi connectivity index (χ2n) is 7.62. The zero-order valence-corrected chi connectivity index (χ0v) is 16.9. The first-order valence-electron chi connectivity index (χ1n) is 9.52. The fourth-order valence-electron chi connectivity index (χ4n) is 2.95. The third-order valence-corrected chi connectivity index (χ3v) is 4.67. The van der Waals surface area contributed by atoms with Crippen molar-refractivity contribution in [2.45, 2.75) is 53.1 Å². The van der Waals surface area contributed by atoms with Gasteiger partial charge in [-0.2, -0.15) is 0 Å². The summed E-state index contributed by atoms with van der Waals surface area (Å²) in [7, 11) is 0. The number of rotatable bonds is 7. The summed E-state index contributed by atoms with van der Waals surface area (Å²) >= 11 is 0. The predicted octanol–water partition coefficient (Wildman–Crippen LogP) is 4.57. The summed E-state index contributed by atoms with van der Waals surface area (Å²) < 4.78 is 0. The highest BCUT2D eigenvalue weighted by atomic mass is 16.2. The van der Waals surface area contributed by atoms with Gasteiger partial charge in [0.15, 0.2) is 0 Å². The Morgan fingerprint density at radius 3 is 1.89 bits per heavy atom. The van der Waals surface area contributed by atoms with Crippen molar-refractivity contribution in [1.29, 1.82) is 0 Å². The summed E-state index contributed by atoms with van der Waals surface area (Å²) in [5, 5.41) is 5.91. The van der Waals surface area contributed by atoms with Crippen LogP contribution in [0.1, 0.15) is 73.6 Å². The van der Waals surface area contributed by atoms with Gasteiger partial charge in [0.25, 0.3) is 5.91 Å². The summed E-state index contributed by atoms with van der Waals surface area (Å²) in [4.78, 5) is 23.7. The Kier molecular flexibility index (Phi) is 7.17. The van der Waals surface area contributed by atoms with E-state index < -0.39 is 0 Å². The topological polar surface area (TPSA) is 58.2 Å². The SMILES string of the molecule is CC(=O)NCc1ccc(C(=O)NC(c2ccc(C(C)C)cc2)C(C)C)cc1. The van der Waals surface area contributed by atoms with Gasteiger partial charge in [-0.05, 0) is 40.7 Å². The van der Waals surface area contributed by atoms with Crippen molar-refractivity contribution in [2.75, 3.05) is 0 Å². The average molecular weight is 367 g/mol. The van der Waals surface area contributed by atoms with E-state index in [1.807, 2.05) is 12.1 Å². The molecule has 27 heavy (non-hydrogen) atoms. The molecule has 0 aliphatic rings. The molecular weight excluding hydrogens is 336 g/mol. The van der Waals surface area contributed by atoms with Crippen LogP contribution in [0.2, 0.25) is 0 Å². The lowest BCUT2D eigenvalue weighted by molar-refractivity contribution is -0.119. The highest BCUT2D eigenvalue weighted by Crippen LogP contribution is 2.24. The summed E-state index contributed by atoms with van der Waals surface area (Å²) in [6.07, 6.45) is 0. The Hall–Kier alpha value is -2.62. The second kappa shape index (κ2) is 9.36. The Bertz CT molecular complexity index is 762. The van der Waals surface area contributed by atoms with Crippen molar-refractivity contribution >= 4 is 11.8 Å². The monoisotopic (exact) mass is 366 g/mol.